The Labute approximate surface area is 419 Å². The third-order valence-corrected chi connectivity index (χ3v) is 9.22. The van der Waals surface area contributed by atoms with Crippen molar-refractivity contribution in [3.05, 3.63) is 0 Å². The van der Waals surface area contributed by atoms with Gasteiger partial charge in [-0.3, -0.25) is 19.2 Å². The van der Waals surface area contributed by atoms with E-state index in [2.05, 4.69) is 21.3 Å². The van der Waals surface area contributed by atoms with Crippen molar-refractivity contribution in [1.29, 1.82) is 0 Å². The highest BCUT2D eigenvalue weighted by Gasteiger charge is 2.25. The quantitative estimate of drug-likeness (QED) is 0.0396. The molecule has 0 spiro atoms. The molecule has 0 bridgehead atoms. The number of ether oxygens (including phenoxy) is 10. The molecule has 25 nitrogen and oxygen atoms in total. The Kier molecular flexibility index (Phi) is 51.8. The zero-order valence-electron chi connectivity index (χ0n) is 42.5. The average Bonchev–Trinajstić information content (AvgIpc) is 3.35. The lowest BCUT2D eigenvalue weighted by molar-refractivity contribution is -0.141. The van der Waals surface area contributed by atoms with Gasteiger partial charge in [0.2, 0.25) is 17.7 Å². The molecule has 0 rings (SSSR count). The van der Waals surface area contributed by atoms with Crippen LogP contribution in [0.1, 0.15) is 91.4 Å². The van der Waals surface area contributed by atoms with Crippen molar-refractivity contribution >= 4 is 41.7 Å². The zero-order chi connectivity index (χ0) is 52.8. The van der Waals surface area contributed by atoms with Crippen LogP contribution >= 0.6 is 0 Å². The Morgan fingerprint density at radius 3 is 1.01 bits per heavy atom. The number of carbonyl (C=O) groups is 7. The third kappa shape index (κ3) is 51.8. The minimum atomic E-state index is -1.52. The predicted molar refractivity (Wildman–Crippen MR) is 257 cm³/mol. The summed E-state index contributed by atoms with van der Waals surface area (Å²) in [5.41, 5.74) is 0. The molecule has 0 aliphatic rings. The number of hydrogen-bond donors (Lipinski definition) is 8. The van der Waals surface area contributed by atoms with Gasteiger partial charge in [-0.25, -0.2) is 14.4 Å². The topological polar surface area (TPSA) is 333 Å². The lowest BCUT2D eigenvalue weighted by atomic mass is 10.1. The van der Waals surface area contributed by atoms with E-state index in [-0.39, 0.29) is 31.1 Å². The molecule has 25 heteroatoms. The highest BCUT2D eigenvalue weighted by molar-refractivity contribution is 5.86. The molecular formula is C46H87N5O20. The number of rotatable bonds is 52. The van der Waals surface area contributed by atoms with Crippen molar-refractivity contribution in [3.63, 3.8) is 0 Å². The van der Waals surface area contributed by atoms with Gasteiger partial charge in [0.15, 0.2) is 0 Å². The van der Waals surface area contributed by atoms with Gasteiger partial charge in [0, 0.05) is 45.3 Å². The highest BCUT2D eigenvalue weighted by atomic mass is 16.6. The number of aliphatic carboxylic acids is 3. The van der Waals surface area contributed by atoms with Gasteiger partial charge in [-0.1, -0.05) is 40.0 Å². The first-order valence-electron chi connectivity index (χ1n) is 24.8. The fraction of sp³-hybridized carbons (Fsp3) is 0.848. The second-order valence-corrected chi connectivity index (χ2v) is 14.9. The van der Waals surface area contributed by atoms with Gasteiger partial charge in [0.25, 0.3) is 0 Å². The number of carboxylic acid groups (broad SMARTS) is 3. The van der Waals surface area contributed by atoms with Gasteiger partial charge in [-0.2, -0.15) is 0 Å². The average molecular weight is 1030 g/mol. The molecule has 0 saturated heterocycles. The summed E-state index contributed by atoms with van der Waals surface area (Å²) in [5.74, 6) is -4.59. The molecule has 2 unspecified atom stereocenters. The minimum absolute atomic E-state index is 0.0104. The number of nitrogens with one attached hydrogen (secondary N) is 5. The molecule has 2 atom stereocenters. The number of carbonyl (C=O) groups excluding carboxylic acids is 4. The van der Waals surface area contributed by atoms with Crippen molar-refractivity contribution < 1.29 is 96.2 Å². The predicted octanol–water partition coefficient (Wildman–Crippen LogP) is 1.13. The van der Waals surface area contributed by atoms with Crippen LogP contribution in [0.2, 0.25) is 0 Å². The minimum Gasteiger partial charge on any atom is -0.481 e. The summed E-state index contributed by atoms with van der Waals surface area (Å²) >= 11 is 0. The SMILES string of the molecule is CC.CCC(=O)NCCOCCOCCOCCOCCOCCOCCOCCOCCOCCOCCNC(=O)CCCCCCCNC(=O)CCC(NC(=O)NC(CCC(=O)O)C(=O)O)C(=O)O. The van der Waals surface area contributed by atoms with Gasteiger partial charge in [-0.05, 0) is 25.7 Å². The van der Waals surface area contributed by atoms with E-state index in [1.165, 1.54) is 0 Å². The number of unbranched alkanes of at least 4 members (excludes halogenated alkanes) is 4. The Hall–Kier alpha value is -4.31. The summed E-state index contributed by atoms with van der Waals surface area (Å²) in [7, 11) is 0. The maximum Gasteiger partial charge on any atom is 0.326 e. The van der Waals surface area contributed by atoms with Gasteiger partial charge < -0.3 is 89.3 Å². The zero-order valence-corrected chi connectivity index (χ0v) is 42.5. The molecule has 0 saturated carbocycles. The van der Waals surface area contributed by atoms with Gasteiger partial charge >= 0.3 is 23.9 Å². The molecule has 0 heterocycles. The molecule has 5 amide bonds. The van der Waals surface area contributed by atoms with E-state index in [1.807, 2.05) is 19.2 Å². The highest BCUT2D eigenvalue weighted by Crippen LogP contribution is 2.06. The summed E-state index contributed by atoms with van der Waals surface area (Å²) in [5, 5.41) is 39.6. The van der Waals surface area contributed by atoms with Crippen LogP contribution < -0.4 is 26.6 Å². The van der Waals surface area contributed by atoms with Gasteiger partial charge in [0.1, 0.15) is 12.1 Å². The second-order valence-electron chi connectivity index (χ2n) is 14.9. The molecule has 0 fully saturated rings. The van der Waals surface area contributed by atoms with E-state index >= 15 is 0 Å². The summed E-state index contributed by atoms with van der Waals surface area (Å²) in [6, 6.07) is -4.09. The van der Waals surface area contributed by atoms with E-state index in [1.54, 1.807) is 6.92 Å². The molecule has 0 radical (unpaired) electrons. The molecular weight excluding hydrogens is 943 g/mol. The first kappa shape index (κ1) is 68.8. The smallest absolute Gasteiger partial charge is 0.326 e. The van der Waals surface area contributed by atoms with E-state index in [0.29, 0.717) is 171 Å². The van der Waals surface area contributed by atoms with Crippen LogP contribution in [-0.4, -0.2) is 221 Å². The molecule has 71 heavy (non-hydrogen) atoms. The first-order valence-corrected chi connectivity index (χ1v) is 24.8. The van der Waals surface area contributed by atoms with Crippen molar-refractivity contribution in [1.82, 2.24) is 26.6 Å². The van der Waals surface area contributed by atoms with Crippen LogP contribution in [0.3, 0.4) is 0 Å². The molecule has 0 aromatic heterocycles. The second kappa shape index (κ2) is 53.5. The van der Waals surface area contributed by atoms with Gasteiger partial charge in [0.05, 0.1) is 132 Å². The fourth-order valence-corrected chi connectivity index (χ4v) is 5.49. The molecule has 8 N–H and O–H groups in total. The fourth-order valence-electron chi connectivity index (χ4n) is 5.49. The van der Waals surface area contributed by atoms with Crippen LogP contribution in [0.15, 0.2) is 0 Å². The van der Waals surface area contributed by atoms with Crippen molar-refractivity contribution in [2.24, 2.45) is 0 Å². The van der Waals surface area contributed by atoms with Crippen LogP contribution in [0.25, 0.3) is 0 Å². The summed E-state index contributed by atoms with van der Waals surface area (Å²) in [6.07, 6.45) is 3.45. The van der Waals surface area contributed by atoms with Crippen LogP contribution in [-0.2, 0) is 76.1 Å². The number of urea groups is 1. The standard InChI is InChI=1S/C44H81N5O20.C2H6/c1-2-38(50)46-14-16-60-18-20-62-22-24-64-26-28-66-30-32-68-34-35-69-33-31-67-29-27-65-25-23-63-21-19-61-17-15-47-39(51)8-6-4-3-5-7-13-45-40(52)11-9-36(42(55)56)48-44(59)49-37(43(57)58)10-12-41(53)54;1-2/h36-37H,2-35H2,1H3,(H,45,52)(H,46,50)(H,47,51)(H,53,54)(H,55,56)(H,57,58)(H2,48,49,59);1-2H3. The largest absolute Gasteiger partial charge is 0.481 e. The van der Waals surface area contributed by atoms with E-state index < -0.39 is 48.4 Å². The molecule has 416 valence electrons. The summed E-state index contributed by atoms with van der Waals surface area (Å²) < 4.78 is 54.6. The maximum atomic E-state index is 12.2. The Morgan fingerprint density at radius 1 is 0.366 bits per heavy atom. The Bertz CT molecular complexity index is 1340. The monoisotopic (exact) mass is 1030 g/mol. The lowest BCUT2D eigenvalue weighted by Crippen LogP contribution is -2.51. The van der Waals surface area contributed by atoms with Crippen molar-refractivity contribution in [2.45, 2.75) is 103 Å². The van der Waals surface area contributed by atoms with Crippen LogP contribution in [0.4, 0.5) is 4.79 Å². The first-order chi connectivity index (χ1) is 34.5. The van der Waals surface area contributed by atoms with E-state index in [4.69, 9.17) is 57.6 Å². The lowest BCUT2D eigenvalue weighted by Gasteiger charge is -2.18. The van der Waals surface area contributed by atoms with Crippen molar-refractivity contribution in [2.75, 3.05) is 152 Å². The summed E-state index contributed by atoms with van der Waals surface area (Å²) in [4.78, 5) is 80.9. The number of carboxylic acids is 3. The van der Waals surface area contributed by atoms with E-state index in [9.17, 15) is 38.7 Å². The van der Waals surface area contributed by atoms with E-state index in [0.717, 1.165) is 25.7 Å². The van der Waals surface area contributed by atoms with Crippen LogP contribution in [0.5, 0.6) is 0 Å². The maximum absolute atomic E-state index is 12.2. The normalized spacial score (nSPS) is 11.7. The molecule has 0 aliphatic carbocycles. The van der Waals surface area contributed by atoms with Crippen LogP contribution in [0, 0.1) is 0 Å². The number of amides is 5. The summed E-state index contributed by atoms with van der Waals surface area (Å²) in [6.45, 7) is 16.0. The molecule has 0 aromatic carbocycles. The third-order valence-electron chi connectivity index (χ3n) is 9.22. The van der Waals surface area contributed by atoms with Gasteiger partial charge in [-0.15, -0.1) is 0 Å². The molecule has 0 aliphatic heterocycles. The Morgan fingerprint density at radius 2 is 0.662 bits per heavy atom. The Balaban J connectivity index is 0. The number of hydrogen-bond acceptors (Lipinski definition) is 17. The van der Waals surface area contributed by atoms with Crippen molar-refractivity contribution in [3.8, 4) is 0 Å². The molecule has 0 aromatic rings.